The van der Waals surface area contributed by atoms with Gasteiger partial charge in [-0.2, -0.15) is 0 Å². The SMILES string of the molecule is Cc1ccc(OCc2nc(COc3cccc(S(C)(=O)=O)c3)cs2)cc1. The molecule has 0 radical (unpaired) electrons. The number of benzene rings is 2. The summed E-state index contributed by atoms with van der Waals surface area (Å²) in [6, 6.07) is 14.3. The first-order valence-corrected chi connectivity index (χ1v) is 10.7. The average molecular weight is 389 g/mol. The first-order valence-electron chi connectivity index (χ1n) is 7.96. The van der Waals surface area contributed by atoms with Crippen LogP contribution in [0.15, 0.2) is 58.8 Å². The maximum absolute atomic E-state index is 11.6. The second-order valence-corrected chi connectivity index (χ2v) is 8.83. The fraction of sp³-hybridized carbons (Fsp3) is 0.211. The lowest BCUT2D eigenvalue weighted by atomic mass is 10.2. The highest BCUT2D eigenvalue weighted by molar-refractivity contribution is 7.90. The number of rotatable bonds is 7. The van der Waals surface area contributed by atoms with Crippen LogP contribution < -0.4 is 9.47 Å². The highest BCUT2D eigenvalue weighted by atomic mass is 32.2. The fourth-order valence-electron chi connectivity index (χ4n) is 2.21. The largest absolute Gasteiger partial charge is 0.487 e. The summed E-state index contributed by atoms with van der Waals surface area (Å²) in [5.41, 5.74) is 1.97. The third-order valence-corrected chi connectivity index (χ3v) is 5.58. The van der Waals surface area contributed by atoms with E-state index in [1.54, 1.807) is 18.2 Å². The molecule has 0 bridgehead atoms. The Bertz CT molecular complexity index is 979. The molecule has 0 aliphatic heterocycles. The summed E-state index contributed by atoms with van der Waals surface area (Å²) in [6.07, 6.45) is 1.17. The van der Waals surface area contributed by atoms with E-state index in [9.17, 15) is 8.42 Å². The first-order chi connectivity index (χ1) is 12.4. The Morgan fingerprint density at radius 2 is 1.73 bits per heavy atom. The van der Waals surface area contributed by atoms with Gasteiger partial charge in [-0.25, -0.2) is 13.4 Å². The van der Waals surface area contributed by atoms with Crippen molar-refractivity contribution in [3.8, 4) is 11.5 Å². The standard InChI is InChI=1S/C19H19NO4S2/c1-14-6-8-16(9-7-14)24-12-19-20-15(13-25-19)11-23-17-4-3-5-18(10-17)26(2,21)22/h3-10,13H,11-12H2,1-2H3. The van der Waals surface area contributed by atoms with Gasteiger partial charge in [0.25, 0.3) is 0 Å². The Labute approximate surface area is 157 Å². The van der Waals surface area contributed by atoms with Gasteiger partial charge in [0.1, 0.15) is 29.7 Å². The van der Waals surface area contributed by atoms with Gasteiger partial charge in [-0.1, -0.05) is 23.8 Å². The lowest BCUT2D eigenvalue weighted by Crippen LogP contribution is -2.00. The van der Waals surface area contributed by atoms with Crippen molar-refractivity contribution in [3.63, 3.8) is 0 Å². The minimum atomic E-state index is -3.25. The molecule has 2 aromatic carbocycles. The lowest BCUT2D eigenvalue weighted by Gasteiger charge is -2.06. The molecule has 0 saturated carbocycles. The van der Waals surface area contributed by atoms with E-state index in [2.05, 4.69) is 4.98 Å². The number of hydrogen-bond acceptors (Lipinski definition) is 6. The van der Waals surface area contributed by atoms with Gasteiger partial charge in [-0.15, -0.1) is 11.3 Å². The Morgan fingerprint density at radius 1 is 1.00 bits per heavy atom. The molecule has 136 valence electrons. The number of aromatic nitrogens is 1. The molecule has 0 saturated heterocycles. The highest BCUT2D eigenvalue weighted by Crippen LogP contribution is 2.20. The number of sulfone groups is 1. The number of hydrogen-bond donors (Lipinski definition) is 0. The Balaban J connectivity index is 1.56. The molecule has 5 nitrogen and oxygen atoms in total. The second kappa shape index (κ2) is 7.88. The molecule has 7 heteroatoms. The predicted octanol–water partition coefficient (Wildman–Crippen LogP) is 4.01. The maximum atomic E-state index is 11.6. The van der Waals surface area contributed by atoms with E-state index < -0.39 is 9.84 Å². The summed E-state index contributed by atoms with van der Waals surface area (Å²) in [5, 5.41) is 2.77. The van der Waals surface area contributed by atoms with Gasteiger partial charge in [-0.05, 0) is 37.3 Å². The van der Waals surface area contributed by atoms with Crippen LogP contribution in [-0.4, -0.2) is 19.7 Å². The van der Waals surface area contributed by atoms with Gasteiger partial charge in [-0.3, -0.25) is 0 Å². The van der Waals surface area contributed by atoms with E-state index in [-0.39, 0.29) is 11.5 Å². The molecule has 3 rings (SSSR count). The van der Waals surface area contributed by atoms with Gasteiger partial charge < -0.3 is 9.47 Å². The summed E-state index contributed by atoms with van der Waals surface area (Å²) in [7, 11) is -3.25. The van der Waals surface area contributed by atoms with Crippen molar-refractivity contribution < 1.29 is 17.9 Å². The van der Waals surface area contributed by atoms with Crippen LogP contribution >= 0.6 is 11.3 Å². The van der Waals surface area contributed by atoms with Crippen LogP contribution in [0, 0.1) is 6.92 Å². The molecule has 0 unspecified atom stereocenters. The van der Waals surface area contributed by atoms with Gasteiger partial charge in [0.2, 0.25) is 0 Å². The molecule has 0 fully saturated rings. The molecule has 0 amide bonds. The topological polar surface area (TPSA) is 65.5 Å². The number of nitrogens with zero attached hydrogens (tertiary/aromatic N) is 1. The van der Waals surface area contributed by atoms with E-state index in [4.69, 9.17) is 9.47 Å². The second-order valence-electron chi connectivity index (χ2n) is 5.87. The van der Waals surface area contributed by atoms with Gasteiger partial charge in [0, 0.05) is 11.6 Å². The average Bonchev–Trinajstić information content (AvgIpc) is 3.07. The smallest absolute Gasteiger partial charge is 0.175 e. The molecule has 3 aromatic rings. The summed E-state index contributed by atoms with van der Waals surface area (Å²) in [4.78, 5) is 4.72. The van der Waals surface area contributed by atoms with Crippen molar-refractivity contribution in [2.75, 3.05) is 6.26 Å². The minimum absolute atomic E-state index is 0.237. The minimum Gasteiger partial charge on any atom is -0.487 e. The van der Waals surface area contributed by atoms with Crippen molar-refractivity contribution >= 4 is 21.2 Å². The Kier molecular flexibility index (Phi) is 5.58. The van der Waals surface area contributed by atoms with E-state index in [1.807, 2.05) is 36.6 Å². The zero-order chi connectivity index (χ0) is 18.6. The normalized spacial score (nSPS) is 11.3. The third kappa shape index (κ3) is 5.06. The summed E-state index contributed by atoms with van der Waals surface area (Å²) >= 11 is 1.50. The zero-order valence-corrected chi connectivity index (χ0v) is 16.1. The van der Waals surface area contributed by atoms with Crippen molar-refractivity contribution in [1.29, 1.82) is 0 Å². The van der Waals surface area contributed by atoms with Gasteiger partial charge >= 0.3 is 0 Å². The number of ether oxygens (including phenoxy) is 2. The van der Waals surface area contributed by atoms with Crippen molar-refractivity contribution in [1.82, 2.24) is 4.98 Å². The first kappa shape index (κ1) is 18.4. The molecule has 1 aromatic heterocycles. The van der Waals surface area contributed by atoms with Crippen LogP contribution in [0.1, 0.15) is 16.3 Å². The van der Waals surface area contributed by atoms with E-state index in [1.165, 1.54) is 29.2 Å². The molecule has 26 heavy (non-hydrogen) atoms. The van der Waals surface area contributed by atoms with Crippen molar-refractivity contribution in [2.24, 2.45) is 0 Å². The summed E-state index contributed by atoms with van der Waals surface area (Å²) in [5.74, 6) is 1.31. The van der Waals surface area contributed by atoms with Gasteiger partial charge in [0.05, 0.1) is 10.6 Å². The monoisotopic (exact) mass is 389 g/mol. The molecule has 0 aliphatic carbocycles. The predicted molar refractivity (Wildman–Crippen MR) is 102 cm³/mol. The molecule has 0 spiro atoms. The van der Waals surface area contributed by atoms with E-state index in [0.29, 0.717) is 12.4 Å². The Morgan fingerprint density at radius 3 is 2.46 bits per heavy atom. The van der Waals surface area contributed by atoms with Crippen LogP contribution in [0.25, 0.3) is 0 Å². The maximum Gasteiger partial charge on any atom is 0.175 e. The molecule has 1 heterocycles. The lowest BCUT2D eigenvalue weighted by molar-refractivity contribution is 0.294. The summed E-state index contributed by atoms with van der Waals surface area (Å²) < 4.78 is 34.6. The molecule has 0 atom stereocenters. The third-order valence-electron chi connectivity index (χ3n) is 3.60. The van der Waals surface area contributed by atoms with E-state index >= 15 is 0 Å². The zero-order valence-electron chi connectivity index (χ0n) is 14.5. The van der Waals surface area contributed by atoms with Crippen molar-refractivity contribution in [3.05, 3.63) is 70.2 Å². The summed E-state index contributed by atoms with van der Waals surface area (Å²) in [6.45, 7) is 2.70. The number of thiazole rings is 1. The van der Waals surface area contributed by atoms with Crippen LogP contribution in [0.5, 0.6) is 11.5 Å². The van der Waals surface area contributed by atoms with Crippen LogP contribution in [0.4, 0.5) is 0 Å². The molecular weight excluding hydrogens is 370 g/mol. The molecular formula is C19H19NO4S2. The van der Waals surface area contributed by atoms with Gasteiger partial charge in [0.15, 0.2) is 9.84 Å². The fourth-order valence-corrected chi connectivity index (χ4v) is 3.56. The quantitative estimate of drug-likeness (QED) is 0.611. The van der Waals surface area contributed by atoms with Crippen LogP contribution in [0.3, 0.4) is 0 Å². The Hall–Kier alpha value is -2.38. The number of aryl methyl sites for hydroxylation is 1. The molecule has 0 N–H and O–H groups in total. The van der Waals surface area contributed by atoms with E-state index in [0.717, 1.165) is 16.5 Å². The van der Waals surface area contributed by atoms with Crippen molar-refractivity contribution in [2.45, 2.75) is 25.0 Å². The molecule has 0 aliphatic rings. The van der Waals surface area contributed by atoms with Crippen LogP contribution in [-0.2, 0) is 23.1 Å². The van der Waals surface area contributed by atoms with Crippen LogP contribution in [0.2, 0.25) is 0 Å². The highest BCUT2D eigenvalue weighted by Gasteiger charge is 2.09.